The van der Waals surface area contributed by atoms with Gasteiger partial charge in [-0.2, -0.15) is 0 Å². The minimum Gasteiger partial charge on any atom is -0.491 e. The number of hydrogen-bond donors (Lipinski definition) is 0. The zero-order valence-corrected chi connectivity index (χ0v) is 19.4. The first kappa shape index (κ1) is 22.7. The van der Waals surface area contributed by atoms with Crippen molar-refractivity contribution in [1.82, 2.24) is 4.90 Å². The highest BCUT2D eigenvalue weighted by molar-refractivity contribution is 8.18. The summed E-state index contributed by atoms with van der Waals surface area (Å²) in [5.74, 6) is 1.66. The van der Waals surface area contributed by atoms with Crippen molar-refractivity contribution in [3.05, 3.63) is 71.1 Å². The number of carbonyl (C=O) groups excluding carboxylic acids is 2. The molecule has 0 saturated carbocycles. The molecule has 170 valence electrons. The van der Waals surface area contributed by atoms with Gasteiger partial charge in [-0.25, -0.2) is 0 Å². The van der Waals surface area contributed by atoms with E-state index in [1.807, 2.05) is 74.5 Å². The summed E-state index contributed by atoms with van der Waals surface area (Å²) in [4.78, 5) is 26.9. The summed E-state index contributed by atoms with van der Waals surface area (Å²) in [5, 5.41) is 1.77. The SMILES string of the molecule is CCOc1ccc(/C=C2\SC(=O)N(CCOc3cccc4ccccc34)C2=O)cc1OCC. The van der Waals surface area contributed by atoms with E-state index >= 15 is 0 Å². The Balaban J connectivity index is 1.44. The number of carbonyl (C=O) groups is 2. The molecule has 0 bridgehead atoms. The van der Waals surface area contributed by atoms with Crippen LogP contribution in [0.3, 0.4) is 0 Å². The third-order valence-electron chi connectivity index (χ3n) is 5.06. The highest BCUT2D eigenvalue weighted by atomic mass is 32.2. The van der Waals surface area contributed by atoms with E-state index in [1.165, 1.54) is 4.90 Å². The molecule has 7 heteroatoms. The average Bonchev–Trinajstić information content (AvgIpc) is 3.08. The molecular weight excluding hydrogens is 438 g/mol. The summed E-state index contributed by atoms with van der Waals surface area (Å²) < 4.78 is 17.1. The second-order valence-electron chi connectivity index (χ2n) is 7.23. The van der Waals surface area contributed by atoms with Crippen LogP contribution < -0.4 is 14.2 Å². The predicted octanol–water partition coefficient (Wildman–Crippen LogP) is 5.75. The van der Waals surface area contributed by atoms with Crippen molar-refractivity contribution in [2.75, 3.05) is 26.4 Å². The van der Waals surface area contributed by atoms with Crippen molar-refractivity contribution < 1.29 is 23.8 Å². The van der Waals surface area contributed by atoms with Gasteiger partial charge in [0, 0.05) is 5.39 Å². The lowest BCUT2D eigenvalue weighted by atomic mass is 10.1. The highest BCUT2D eigenvalue weighted by Gasteiger charge is 2.34. The van der Waals surface area contributed by atoms with Crippen LogP contribution in [0.4, 0.5) is 4.79 Å². The van der Waals surface area contributed by atoms with E-state index in [0.29, 0.717) is 29.6 Å². The second-order valence-corrected chi connectivity index (χ2v) is 8.22. The molecule has 0 aliphatic carbocycles. The van der Waals surface area contributed by atoms with Gasteiger partial charge in [0.2, 0.25) is 0 Å². The lowest BCUT2D eigenvalue weighted by molar-refractivity contribution is -0.123. The van der Waals surface area contributed by atoms with Gasteiger partial charge in [0.1, 0.15) is 12.4 Å². The number of amides is 2. The van der Waals surface area contributed by atoms with Gasteiger partial charge in [0.05, 0.1) is 24.7 Å². The van der Waals surface area contributed by atoms with E-state index in [1.54, 1.807) is 6.08 Å². The molecule has 1 fully saturated rings. The van der Waals surface area contributed by atoms with E-state index < -0.39 is 0 Å². The minimum atomic E-state index is -0.321. The molecule has 2 amide bonds. The molecule has 1 heterocycles. The summed E-state index contributed by atoms with van der Waals surface area (Å²) >= 11 is 0.930. The van der Waals surface area contributed by atoms with Crippen molar-refractivity contribution in [2.24, 2.45) is 0 Å². The molecule has 1 aliphatic rings. The molecule has 6 nitrogen and oxygen atoms in total. The molecule has 3 aromatic carbocycles. The van der Waals surface area contributed by atoms with E-state index in [2.05, 4.69) is 0 Å². The van der Waals surface area contributed by atoms with Gasteiger partial charge in [-0.15, -0.1) is 0 Å². The number of rotatable bonds is 9. The number of ether oxygens (including phenoxy) is 3. The van der Waals surface area contributed by atoms with E-state index in [-0.39, 0.29) is 24.3 Å². The average molecular weight is 464 g/mol. The van der Waals surface area contributed by atoms with Crippen LogP contribution >= 0.6 is 11.8 Å². The van der Waals surface area contributed by atoms with E-state index in [0.717, 1.165) is 33.8 Å². The van der Waals surface area contributed by atoms with Crippen LogP contribution in [0, 0.1) is 0 Å². The first-order valence-corrected chi connectivity index (χ1v) is 11.7. The number of thioether (sulfide) groups is 1. The summed E-state index contributed by atoms with van der Waals surface area (Å²) in [6.45, 7) is 5.23. The molecule has 0 atom stereocenters. The van der Waals surface area contributed by atoms with Crippen LogP contribution in [0.5, 0.6) is 17.2 Å². The Labute approximate surface area is 197 Å². The monoisotopic (exact) mass is 463 g/mol. The van der Waals surface area contributed by atoms with Crippen molar-refractivity contribution in [3.63, 3.8) is 0 Å². The second kappa shape index (κ2) is 10.4. The van der Waals surface area contributed by atoms with Gasteiger partial charge >= 0.3 is 0 Å². The van der Waals surface area contributed by atoms with Gasteiger partial charge in [-0.05, 0) is 60.8 Å². The topological polar surface area (TPSA) is 65.1 Å². The summed E-state index contributed by atoms with van der Waals surface area (Å²) in [6.07, 6.45) is 1.70. The Morgan fingerprint density at radius 1 is 0.848 bits per heavy atom. The molecule has 1 saturated heterocycles. The Morgan fingerprint density at radius 3 is 2.42 bits per heavy atom. The standard InChI is InChI=1S/C26H25NO5S/c1-3-30-22-13-12-18(16-23(22)31-4-2)17-24-25(28)27(26(29)33-24)14-15-32-21-11-7-9-19-8-5-6-10-20(19)21/h5-13,16-17H,3-4,14-15H2,1-2H3/b24-17-. The van der Waals surface area contributed by atoms with Crippen molar-refractivity contribution in [1.29, 1.82) is 0 Å². The fourth-order valence-electron chi connectivity index (χ4n) is 3.57. The Bertz CT molecular complexity index is 1200. The number of benzene rings is 3. The van der Waals surface area contributed by atoms with Gasteiger partial charge in [0.25, 0.3) is 11.1 Å². The van der Waals surface area contributed by atoms with Crippen LogP contribution in [0.15, 0.2) is 65.6 Å². The minimum absolute atomic E-state index is 0.179. The van der Waals surface area contributed by atoms with Gasteiger partial charge in [-0.1, -0.05) is 42.5 Å². The van der Waals surface area contributed by atoms with Gasteiger partial charge < -0.3 is 14.2 Å². The molecule has 1 aliphatic heterocycles. The summed E-state index contributed by atoms with van der Waals surface area (Å²) in [5.41, 5.74) is 0.763. The molecule has 0 spiro atoms. The lowest BCUT2D eigenvalue weighted by Crippen LogP contribution is -2.32. The fourth-order valence-corrected chi connectivity index (χ4v) is 4.44. The number of nitrogens with zero attached hydrogens (tertiary/aromatic N) is 1. The van der Waals surface area contributed by atoms with Gasteiger partial charge in [-0.3, -0.25) is 14.5 Å². The van der Waals surface area contributed by atoms with Crippen LogP contribution in [0.2, 0.25) is 0 Å². The van der Waals surface area contributed by atoms with Crippen molar-refractivity contribution >= 4 is 39.8 Å². The van der Waals surface area contributed by atoms with E-state index in [9.17, 15) is 9.59 Å². The van der Waals surface area contributed by atoms with E-state index in [4.69, 9.17) is 14.2 Å². The van der Waals surface area contributed by atoms with Crippen LogP contribution in [-0.2, 0) is 4.79 Å². The largest absolute Gasteiger partial charge is 0.491 e. The third-order valence-corrected chi connectivity index (χ3v) is 5.97. The third kappa shape index (κ3) is 5.14. The summed E-state index contributed by atoms with van der Waals surface area (Å²) in [7, 11) is 0. The maximum Gasteiger partial charge on any atom is 0.293 e. The molecule has 4 rings (SSSR count). The van der Waals surface area contributed by atoms with Gasteiger partial charge in [0.15, 0.2) is 11.5 Å². The maximum absolute atomic E-state index is 12.9. The summed E-state index contributed by atoms with van der Waals surface area (Å²) in [6, 6.07) is 19.2. The molecule has 3 aromatic rings. The normalized spacial score (nSPS) is 14.8. The fraction of sp³-hybridized carbons (Fsp3) is 0.231. The Morgan fingerprint density at radius 2 is 1.61 bits per heavy atom. The first-order valence-electron chi connectivity index (χ1n) is 10.9. The molecule has 33 heavy (non-hydrogen) atoms. The quantitative estimate of drug-likeness (QED) is 0.376. The first-order chi connectivity index (χ1) is 16.1. The lowest BCUT2D eigenvalue weighted by Gasteiger charge is -2.14. The number of fused-ring (bicyclic) bond motifs is 1. The molecule has 0 unspecified atom stereocenters. The number of hydrogen-bond acceptors (Lipinski definition) is 6. The molecular formula is C26H25NO5S. The Kier molecular flexibility index (Phi) is 7.19. The molecule has 0 radical (unpaired) electrons. The highest BCUT2D eigenvalue weighted by Crippen LogP contribution is 2.35. The van der Waals surface area contributed by atoms with Crippen molar-refractivity contribution in [2.45, 2.75) is 13.8 Å². The zero-order chi connectivity index (χ0) is 23.2. The van der Waals surface area contributed by atoms with Crippen LogP contribution in [-0.4, -0.2) is 42.4 Å². The molecule has 0 aromatic heterocycles. The molecule has 0 N–H and O–H groups in total. The van der Waals surface area contributed by atoms with Crippen LogP contribution in [0.25, 0.3) is 16.8 Å². The smallest absolute Gasteiger partial charge is 0.293 e. The Hall–Kier alpha value is -3.45. The zero-order valence-electron chi connectivity index (χ0n) is 18.6. The van der Waals surface area contributed by atoms with Crippen molar-refractivity contribution in [3.8, 4) is 17.2 Å². The predicted molar refractivity (Wildman–Crippen MR) is 131 cm³/mol. The maximum atomic E-state index is 12.9. The number of imide groups is 1. The van der Waals surface area contributed by atoms with Crippen LogP contribution in [0.1, 0.15) is 19.4 Å².